The summed E-state index contributed by atoms with van der Waals surface area (Å²) in [7, 11) is 1.46. The largest absolute Gasteiger partial charge is 0.469 e. The summed E-state index contributed by atoms with van der Waals surface area (Å²) in [5.74, 6) is 0.296. The minimum absolute atomic E-state index is 0.100. The van der Waals surface area contributed by atoms with Gasteiger partial charge in [0, 0.05) is 38.2 Å². The molecule has 0 spiro atoms. The first kappa shape index (κ1) is 14.8. The molecule has 5 nitrogen and oxygen atoms in total. The first-order valence-electron chi connectivity index (χ1n) is 7.38. The summed E-state index contributed by atoms with van der Waals surface area (Å²) in [5.41, 5.74) is 0. The van der Waals surface area contributed by atoms with E-state index in [2.05, 4.69) is 10.2 Å². The molecular weight excluding hydrogens is 244 g/mol. The first-order valence-corrected chi connectivity index (χ1v) is 7.38. The zero-order valence-corrected chi connectivity index (χ0v) is 11.8. The van der Waals surface area contributed by atoms with E-state index in [0.717, 1.165) is 38.5 Å². The predicted octanol–water partition coefficient (Wildman–Crippen LogP) is 0.374. The van der Waals surface area contributed by atoms with E-state index in [1.165, 1.54) is 20.0 Å². The standard InChI is InChI=1S/C14H26N2O3/c1-19-14(18)8-11-7-12(15-5-2-6-17)10-16(9-11)13-3-4-13/h11-13,15,17H,2-10H2,1H3. The highest BCUT2D eigenvalue weighted by molar-refractivity contribution is 5.69. The van der Waals surface area contributed by atoms with Crippen LogP contribution in [0.2, 0.25) is 0 Å². The number of esters is 1. The molecule has 2 unspecified atom stereocenters. The lowest BCUT2D eigenvalue weighted by atomic mass is 9.91. The summed E-state index contributed by atoms with van der Waals surface area (Å²) in [6.45, 7) is 3.19. The van der Waals surface area contributed by atoms with Crippen LogP contribution in [0.15, 0.2) is 0 Å². The molecule has 1 saturated heterocycles. The highest BCUT2D eigenvalue weighted by Crippen LogP contribution is 2.32. The number of rotatable bonds is 7. The molecule has 2 aliphatic rings. The normalized spacial score (nSPS) is 28.3. The number of methoxy groups -OCH3 is 1. The van der Waals surface area contributed by atoms with Crippen molar-refractivity contribution < 1.29 is 14.6 Å². The molecule has 1 saturated carbocycles. The average molecular weight is 270 g/mol. The fourth-order valence-corrected chi connectivity index (χ4v) is 2.98. The van der Waals surface area contributed by atoms with Gasteiger partial charge in [0.2, 0.25) is 0 Å². The van der Waals surface area contributed by atoms with E-state index in [9.17, 15) is 4.79 Å². The van der Waals surface area contributed by atoms with Crippen molar-refractivity contribution in [1.29, 1.82) is 0 Å². The number of aliphatic hydroxyl groups excluding tert-OH is 1. The topological polar surface area (TPSA) is 61.8 Å². The van der Waals surface area contributed by atoms with Crippen molar-refractivity contribution in [2.24, 2.45) is 5.92 Å². The van der Waals surface area contributed by atoms with E-state index in [1.807, 2.05) is 0 Å². The van der Waals surface area contributed by atoms with E-state index in [1.54, 1.807) is 0 Å². The molecule has 1 aliphatic carbocycles. The third kappa shape index (κ3) is 4.75. The Morgan fingerprint density at radius 1 is 1.42 bits per heavy atom. The second kappa shape index (κ2) is 7.22. The number of nitrogens with one attached hydrogen (secondary N) is 1. The zero-order valence-electron chi connectivity index (χ0n) is 11.8. The molecule has 19 heavy (non-hydrogen) atoms. The van der Waals surface area contributed by atoms with Crippen LogP contribution in [-0.4, -0.2) is 61.4 Å². The van der Waals surface area contributed by atoms with Gasteiger partial charge in [-0.3, -0.25) is 9.69 Å². The summed E-state index contributed by atoms with van der Waals surface area (Å²) in [6, 6.07) is 1.18. The molecule has 0 bridgehead atoms. The summed E-state index contributed by atoms with van der Waals surface area (Å²) < 4.78 is 4.79. The molecular formula is C14H26N2O3. The van der Waals surface area contributed by atoms with Crippen molar-refractivity contribution in [1.82, 2.24) is 10.2 Å². The number of hydrogen-bond acceptors (Lipinski definition) is 5. The van der Waals surface area contributed by atoms with Crippen LogP contribution in [0, 0.1) is 5.92 Å². The molecule has 2 fully saturated rings. The van der Waals surface area contributed by atoms with Crippen LogP contribution in [0.3, 0.4) is 0 Å². The SMILES string of the molecule is COC(=O)CC1CC(NCCCO)CN(C2CC2)C1. The maximum atomic E-state index is 11.4. The van der Waals surface area contributed by atoms with Crippen molar-refractivity contribution in [3.63, 3.8) is 0 Å². The molecule has 1 heterocycles. The third-order valence-electron chi connectivity index (χ3n) is 4.08. The van der Waals surface area contributed by atoms with E-state index in [-0.39, 0.29) is 12.6 Å². The van der Waals surface area contributed by atoms with Gasteiger partial charge in [-0.1, -0.05) is 0 Å². The Hall–Kier alpha value is -0.650. The summed E-state index contributed by atoms with van der Waals surface area (Å²) >= 11 is 0. The molecule has 0 aromatic rings. The molecule has 0 aromatic heterocycles. The minimum atomic E-state index is -0.100. The van der Waals surface area contributed by atoms with Crippen LogP contribution in [0.4, 0.5) is 0 Å². The number of hydrogen-bond donors (Lipinski definition) is 2. The van der Waals surface area contributed by atoms with Gasteiger partial charge < -0.3 is 15.2 Å². The molecule has 1 aliphatic heterocycles. The number of carbonyl (C=O) groups is 1. The van der Waals surface area contributed by atoms with Crippen molar-refractivity contribution in [3.05, 3.63) is 0 Å². The maximum absolute atomic E-state index is 11.4. The lowest BCUT2D eigenvalue weighted by Crippen LogP contribution is -2.50. The molecule has 2 atom stereocenters. The number of likely N-dealkylation sites (tertiary alicyclic amines) is 1. The minimum Gasteiger partial charge on any atom is -0.469 e. The highest BCUT2D eigenvalue weighted by Gasteiger charge is 2.36. The number of nitrogens with zero attached hydrogens (tertiary/aromatic N) is 1. The summed E-state index contributed by atoms with van der Waals surface area (Å²) in [6.07, 6.45) is 4.95. The van der Waals surface area contributed by atoms with Gasteiger partial charge in [0.05, 0.1) is 7.11 Å². The Labute approximate surface area is 115 Å². The van der Waals surface area contributed by atoms with Crippen LogP contribution in [0.25, 0.3) is 0 Å². The van der Waals surface area contributed by atoms with Crippen LogP contribution < -0.4 is 5.32 Å². The Morgan fingerprint density at radius 2 is 2.21 bits per heavy atom. The molecule has 2 N–H and O–H groups in total. The lowest BCUT2D eigenvalue weighted by Gasteiger charge is -2.38. The van der Waals surface area contributed by atoms with Crippen LogP contribution >= 0.6 is 0 Å². The van der Waals surface area contributed by atoms with Crippen molar-refractivity contribution >= 4 is 5.97 Å². The van der Waals surface area contributed by atoms with E-state index in [4.69, 9.17) is 9.84 Å². The summed E-state index contributed by atoms with van der Waals surface area (Å²) in [4.78, 5) is 14.0. The Bertz CT molecular complexity index is 294. The molecule has 5 heteroatoms. The monoisotopic (exact) mass is 270 g/mol. The average Bonchev–Trinajstić information content (AvgIpc) is 3.23. The summed E-state index contributed by atoms with van der Waals surface area (Å²) in [5, 5.41) is 12.3. The second-order valence-corrected chi connectivity index (χ2v) is 5.80. The van der Waals surface area contributed by atoms with Gasteiger partial charge in [-0.05, 0) is 38.1 Å². The molecule has 110 valence electrons. The van der Waals surface area contributed by atoms with Gasteiger partial charge in [-0.25, -0.2) is 0 Å². The first-order chi connectivity index (χ1) is 9.22. The van der Waals surface area contributed by atoms with Crippen LogP contribution in [-0.2, 0) is 9.53 Å². The van der Waals surface area contributed by atoms with E-state index < -0.39 is 0 Å². The van der Waals surface area contributed by atoms with Gasteiger partial charge in [-0.2, -0.15) is 0 Å². The Kier molecular flexibility index (Phi) is 5.60. The lowest BCUT2D eigenvalue weighted by molar-refractivity contribution is -0.142. The van der Waals surface area contributed by atoms with Crippen LogP contribution in [0.1, 0.15) is 32.1 Å². The quantitative estimate of drug-likeness (QED) is 0.517. The number of piperidine rings is 1. The number of ether oxygens (including phenoxy) is 1. The van der Waals surface area contributed by atoms with Gasteiger partial charge in [0.25, 0.3) is 0 Å². The van der Waals surface area contributed by atoms with Gasteiger partial charge in [0.15, 0.2) is 0 Å². The van der Waals surface area contributed by atoms with E-state index >= 15 is 0 Å². The Morgan fingerprint density at radius 3 is 2.84 bits per heavy atom. The Balaban J connectivity index is 1.83. The van der Waals surface area contributed by atoms with Gasteiger partial charge in [0.1, 0.15) is 0 Å². The van der Waals surface area contributed by atoms with Crippen molar-refractivity contribution in [3.8, 4) is 0 Å². The molecule has 2 rings (SSSR count). The fourth-order valence-electron chi connectivity index (χ4n) is 2.98. The van der Waals surface area contributed by atoms with E-state index in [0.29, 0.717) is 18.4 Å². The van der Waals surface area contributed by atoms with Gasteiger partial charge in [-0.15, -0.1) is 0 Å². The fraction of sp³-hybridized carbons (Fsp3) is 0.929. The third-order valence-corrected chi connectivity index (χ3v) is 4.08. The van der Waals surface area contributed by atoms with Crippen molar-refractivity contribution in [2.45, 2.75) is 44.2 Å². The molecule has 0 aromatic carbocycles. The van der Waals surface area contributed by atoms with Crippen molar-refractivity contribution in [2.75, 3.05) is 33.4 Å². The number of aliphatic hydroxyl groups is 1. The predicted molar refractivity (Wildman–Crippen MR) is 72.8 cm³/mol. The molecule has 0 radical (unpaired) electrons. The molecule has 0 amide bonds. The highest BCUT2D eigenvalue weighted by atomic mass is 16.5. The van der Waals surface area contributed by atoms with Gasteiger partial charge >= 0.3 is 5.97 Å². The second-order valence-electron chi connectivity index (χ2n) is 5.80. The maximum Gasteiger partial charge on any atom is 0.305 e. The smallest absolute Gasteiger partial charge is 0.305 e. The number of carbonyl (C=O) groups excluding carboxylic acids is 1. The zero-order chi connectivity index (χ0) is 13.7. The van der Waals surface area contributed by atoms with Crippen LogP contribution in [0.5, 0.6) is 0 Å².